The second-order valence-electron chi connectivity index (χ2n) is 7.45. The average molecular weight is 394 g/mol. The van der Waals surface area contributed by atoms with Gasteiger partial charge < -0.3 is 10.1 Å². The van der Waals surface area contributed by atoms with Gasteiger partial charge in [0, 0.05) is 0 Å². The number of fused-ring (bicyclic) bond motifs is 1. The Hall–Kier alpha value is -2.29. The highest BCUT2D eigenvalue weighted by Gasteiger charge is 2.18. The fourth-order valence-corrected chi connectivity index (χ4v) is 3.95. The average Bonchev–Trinajstić information content (AvgIpc) is 2.73. The second kappa shape index (κ2) is 9.77. The molecule has 1 aliphatic carbocycles. The first-order valence-electron chi connectivity index (χ1n) is 9.85. The van der Waals surface area contributed by atoms with Gasteiger partial charge in [-0.05, 0) is 78.7 Å². The molecule has 3 aromatic carbocycles. The van der Waals surface area contributed by atoms with Crippen molar-refractivity contribution in [2.45, 2.75) is 25.9 Å². The third-order valence-corrected chi connectivity index (χ3v) is 5.47. The van der Waals surface area contributed by atoms with Crippen LogP contribution >= 0.6 is 12.4 Å². The second-order valence-corrected chi connectivity index (χ2v) is 7.45. The number of ether oxygens (including phenoxy) is 1. The quantitative estimate of drug-likeness (QED) is 0.581. The normalized spacial score (nSPS) is 15.4. The molecule has 0 aliphatic heterocycles. The highest BCUT2D eigenvalue weighted by Crippen LogP contribution is 2.29. The summed E-state index contributed by atoms with van der Waals surface area (Å²) in [5.41, 5.74) is 6.63. The van der Waals surface area contributed by atoms with Gasteiger partial charge in [-0.3, -0.25) is 0 Å². The predicted octanol–water partition coefficient (Wildman–Crippen LogP) is 5.68. The Balaban J connectivity index is 0.00000225. The molecule has 0 spiro atoms. The molecular formula is C25H28ClNO. The molecule has 0 radical (unpaired) electrons. The Morgan fingerprint density at radius 1 is 0.893 bits per heavy atom. The van der Waals surface area contributed by atoms with Crippen LogP contribution in [0.25, 0.3) is 11.1 Å². The first-order valence-corrected chi connectivity index (χ1v) is 9.85. The van der Waals surface area contributed by atoms with Gasteiger partial charge in [-0.2, -0.15) is 0 Å². The molecule has 0 bridgehead atoms. The molecule has 0 aromatic heterocycles. The molecule has 3 heteroatoms. The molecule has 1 atom stereocenters. The number of hydrogen-bond acceptors (Lipinski definition) is 2. The third kappa shape index (κ3) is 4.95. The Morgan fingerprint density at radius 3 is 2.39 bits per heavy atom. The van der Waals surface area contributed by atoms with Gasteiger partial charge in [-0.25, -0.2) is 0 Å². The third-order valence-electron chi connectivity index (χ3n) is 5.47. The lowest BCUT2D eigenvalue weighted by molar-refractivity contribution is 0.305. The summed E-state index contributed by atoms with van der Waals surface area (Å²) in [6, 6.07) is 25.7. The Labute approximate surface area is 174 Å². The summed E-state index contributed by atoms with van der Waals surface area (Å²) in [4.78, 5) is 0. The van der Waals surface area contributed by atoms with Gasteiger partial charge >= 0.3 is 0 Å². The smallest absolute Gasteiger partial charge is 0.120 e. The van der Waals surface area contributed by atoms with E-state index in [0.717, 1.165) is 24.6 Å². The van der Waals surface area contributed by atoms with E-state index in [2.05, 4.69) is 72.0 Å². The summed E-state index contributed by atoms with van der Waals surface area (Å²) in [5, 5.41) is 3.31. The van der Waals surface area contributed by atoms with Crippen LogP contribution in [0.1, 0.15) is 23.1 Å². The van der Waals surface area contributed by atoms with Crippen LogP contribution in [0.2, 0.25) is 0 Å². The highest BCUT2D eigenvalue weighted by molar-refractivity contribution is 5.85. The maximum Gasteiger partial charge on any atom is 0.120 e. The van der Waals surface area contributed by atoms with Crippen molar-refractivity contribution in [2.75, 3.05) is 13.6 Å². The van der Waals surface area contributed by atoms with Gasteiger partial charge in [0.05, 0.1) is 0 Å². The molecule has 1 N–H and O–H groups in total. The van der Waals surface area contributed by atoms with E-state index in [4.69, 9.17) is 4.74 Å². The van der Waals surface area contributed by atoms with Crippen LogP contribution in [0.15, 0.2) is 72.8 Å². The van der Waals surface area contributed by atoms with E-state index in [-0.39, 0.29) is 12.4 Å². The number of nitrogens with one attached hydrogen (secondary N) is 1. The van der Waals surface area contributed by atoms with E-state index in [1.54, 1.807) is 0 Å². The van der Waals surface area contributed by atoms with Gasteiger partial charge in [0.2, 0.25) is 0 Å². The number of benzene rings is 3. The topological polar surface area (TPSA) is 21.3 Å². The van der Waals surface area contributed by atoms with E-state index >= 15 is 0 Å². The maximum atomic E-state index is 6.07. The maximum absolute atomic E-state index is 6.07. The molecular weight excluding hydrogens is 366 g/mol. The lowest BCUT2D eigenvalue weighted by Crippen LogP contribution is -2.24. The van der Waals surface area contributed by atoms with E-state index in [1.165, 1.54) is 40.7 Å². The van der Waals surface area contributed by atoms with Crippen LogP contribution in [0, 0.1) is 5.92 Å². The minimum atomic E-state index is 0. The van der Waals surface area contributed by atoms with Crippen LogP contribution in [-0.2, 0) is 19.4 Å². The Bertz CT molecular complexity index is 877. The minimum Gasteiger partial charge on any atom is -0.489 e. The molecule has 0 amide bonds. The molecule has 1 aliphatic rings. The van der Waals surface area contributed by atoms with Crippen molar-refractivity contribution in [3.05, 3.63) is 89.5 Å². The molecule has 0 heterocycles. The van der Waals surface area contributed by atoms with Gasteiger partial charge in [0.15, 0.2) is 0 Å². The number of aryl methyl sites for hydroxylation is 1. The lowest BCUT2D eigenvalue weighted by Gasteiger charge is -2.24. The molecule has 3 aromatic rings. The zero-order chi connectivity index (χ0) is 18.5. The Morgan fingerprint density at radius 2 is 1.64 bits per heavy atom. The molecule has 4 rings (SSSR count). The van der Waals surface area contributed by atoms with Crippen molar-refractivity contribution in [3.8, 4) is 16.9 Å². The van der Waals surface area contributed by atoms with Crippen molar-refractivity contribution in [1.82, 2.24) is 5.32 Å². The summed E-state index contributed by atoms with van der Waals surface area (Å²) >= 11 is 0. The fourth-order valence-electron chi connectivity index (χ4n) is 3.95. The zero-order valence-electron chi connectivity index (χ0n) is 16.4. The fraction of sp³-hybridized carbons (Fsp3) is 0.280. The number of rotatable bonds is 6. The monoisotopic (exact) mass is 393 g/mol. The highest BCUT2D eigenvalue weighted by atomic mass is 35.5. The SMILES string of the molecule is CNCC1CCc2cc(OCc3ccc(-c4ccccc4)cc3)ccc2C1.Cl. The summed E-state index contributed by atoms with van der Waals surface area (Å²) < 4.78 is 6.07. The van der Waals surface area contributed by atoms with Crippen molar-refractivity contribution >= 4 is 12.4 Å². The summed E-state index contributed by atoms with van der Waals surface area (Å²) in [7, 11) is 2.04. The molecule has 1 unspecified atom stereocenters. The van der Waals surface area contributed by atoms with Gasteiger partial charge in [-0.1, -0.05) is 60.7 Å². The van der Waals surface area contributed by atoms with Gasteiger partial charge in [0.1, 0.15) is 12.4 Å². The van der Waals surface area contributed by atoms with Crippen LogP contribution < -0.4 is 10.1 Å². The molecule has 0 saturated heterocycles. The standard InChI is InChI=1S/C25H27NO.ClH/c1-26-17-20-9-12-24-16-25(14-13-23(24)15-20)27-18-19-7-10-22(11-8-19)21-5-3-2-4-6-21;/h2-8,10-11,13-14,16,20,26H,9,12,15,17-18H2,1H3;1H. The molecule has 28 heavy (non-hydrogen) atoms. The summed E-state index contributed by atoms with van der Waals surface area (Å²) in [6.45, 7) is 1.72. The van der Waals surface area contributed by atoms with E-state index < -0.39 is 0 Å². The lowest BCUT2D eigenvalue weighted by atomic mass is 9.84. The first kappa shape index (κ1) is 20.4. The largest absolute Gasteiger partial charge is 0.489 e. The van der Waals surface area contributed by atoms with Crippen LogP contribution in [0.4, 0.5) is 0 Å². The minimum absolute atomic E-state index is 0. The zero-order valence-corrected chi connectivity index (χ0v) is 17.2. The molecule has 0 fully saturated rings. The first-order chi connectivity index (χ1) is 13.3. The number of hydrogen-bond donors (Lipinski definition) is 1. The van der Waals surface area contributed by atoms with Crippen molar-refractivity contribution in [2.24, 2.45) is 5.92 Å². The molecule has 146 valence electrons. The summed E-state index contributed by atoms with van der Waals surface area (Å²) in [5.74, 6) is 1.74. The predicted molar refractivity (Wildman–Crippen MR) is 119 cm³/mol. The van der Waals surface area contributed by atoms with E-state index in [0.29, 0.717) is 6.61 Å². The van der Waals surface area contributed by atoms with Crippen molar-refractivity contribution in [3.63, 3.8) is 0 Å². The number of halogens is 1. The summed E-state index contributed by atoms with van der Waals surface area (Å²) in [6.07, 6.45) is 3.60. The van der Waals surface area contributed by atoms with Crippen molar-refractivity contribution in [1.29, 1.82) is 0 Å². The van der Waals surface area contributed by atoms with Crippen molar-refractivity contribution < 1.29 is 4.74 Å². The molecule has 0 saturated carbocycles. The van der Waals surface area contributed by atoms with E-state index in [9.17, 15) is 0 Å². The van der Waals surface area contributed by atoms with Gasteiger partial charge in [-0.15, -0.1) is 12.4 Å². The Kier molecular flexibility index (Phi) is 7.13. The van der Waals surface area contributed by atoms with Gasteiger partial charge in [0.25, 0.3) is 0 Å². The molecule has 2 nitrogen and oxygen atoms in total. The van der Waals surface area contributed by atoms with Crippen LogP contribution in [-0.4, -0.2) is 13.6 Å². The van der Waals surface area contributed by atoms with E-state index in [1.807, 2.05) is 13.1 Å². The van der Waals surface area contributed by atoms with Crippen LogP contribution in [0.3, 0.4) is 0 Å². The van der Waals surface area contributed by atoms with Crippen LogP contribution in [0.5, 0.6) is 5.75 Å².